The number of nitrogens with one attached hydrogen (secondary N) is 1. The maximum Gasteiger partial charge on any atom is 0.305 e. The van der Waals surface area contributed by atoms with Crippen LogP contribution in [-0.2, 0) is 14.3 Å². The summed E-state index contributed by atoms with van der Waals surface area (Å²) in [5, 5.41) is 23.1. The maximum absolute atomic E-state index is 12.5. The number of aliphatic hydroxyl groups excluding tert-OH is 2. The van der Waals surface area contributed by atoms with Crippen LogP contribution in [0.1, 0.15) is 361 Å². The highest BCUT2D eigenvalue weighted by molar-refractivity contribution is 5.76. The molecule has 3 N–H and O–H groups in total. The first-order valence-electron chi connectivity index (χ1n) is 33.9. The van der Waals surface area contributed by atoms with Crippen molar-refractivity contribution in [1.29, 1.82) is 0 Å². The number of aliphatic hydroxyl groups is 2. The van der Waals surface area contributed by atoms with Crippen molar-refractivity contribution in [2.45, 2.75) is 373 Å². The van der Waals surface area contributed by atoms with Crippen LogP contribution in [0, 0.1) is 0 Å². The molecule has 6 heteroatoms. The molecule has 0 radical (unpaired) electrons. The van der Waals surface area contributed by atoms with Gasteiger partial charge in [0.2, 0.25) is 5.91 Å². The van der Waals surface area contributed by atoms with Crippen LogP contribution in [0.25, 0.3) is 0 Å². The van der Waals surface area contributed by atoms with Crippen LogP contribution in [0.2, 0.25) is 0 Å². The molecule has 0 aromatic heterocycles. The molecule has 0 aromatic rings. The number of hydrogen-bond donors (Lipinski definition) is 3. The molecule has 1 amide bonds. The molecule has 0 aliphatic rings. The molecule has 0 saturated heterocycles. The molecule has 0 aliphatic carbocycles. The molecule has 2 unspecified atom stereocenters. The second-order valence-corrected chi connectivity index (χ2v) is 23.1. The van der Waals surface area contributed by atoms with Crippen molar-refractivity contribution in [2.24, 2.45) is 0 Å². The molecule has 0 fully saturated rings. The van der Waals surface area contributed by atoms with Crippen LogP contribution in [-0.4, -0.2) is 47.4 Å². The number of unbranched alkanes of at least 4 members (excludes halogenated alkanes) is 46. The van der Waals surface area contributed by atoms with Crippen LogP contribution >= 0.6 is 0 Å². The second kappa shape index (κ2) is 65.3. The molecule has 0 heterocycles. The van der Waals surface area contributed by atoms with Crippen LogP contribution in [0.5, 0.6) is 0 Å². The van der Waals surface area contributed by atoms with Gasteiger partial charge in [-0.25, -0.2) is 0 Å². The van der Waals surface area contributed by atoms with Crippen molar-refractivity contribution in [1.82, 2.24) is 5.32 Å². The molecule has 0 spiro atoms. The van der Waals surface area contributed by atoms with Crippen LogP contribution in [0.15, 0.2) is 48.6 Å². The normalized spacial score (nSPS) is 12.8. The van der Waals surface area contributed by atoms with Gasteiger partial charge in [-0.05, 0) is 89.9 Å². The lowest BCUT2D eigenvalue weighted by Crippen LogP contribution is -2.45. The van der Waals surface area contributed by atoms with Gasteiger partial charge in [0.15, 0.2) is 0 Å². The summed E-state index contributed by atoms with van der Waals surface area (Å²) in [5.41, 5.74) is 0. The minimum atomic E-state index is -0.845. The number of hydrogen-bond acceptors (Lipinski definition) is 5. The number of ether oxygens (including phenoxy) is 1. The summed E-state index contributed by atoms with van der Waals surface area (Å²) in [6, 6.07) is -0.629. The minimum Gasteiger partial charge on any atom is -0.466 e. The highest BCUT2D eigenvalue weighted by atomic mass is 16.5. The predicted octanol–water partition coefficient (Wildman–Crippen LogP) is 21.7. The van der Waals surface area contributed by atoms with E-state index < -0.39 is 12.1 Å². The van der Waals surface area contributed by atoms with Gasteiger partial charge in [-0.15, -0.1) is 0 Å². The van der Waals surface area contributed by atoms with Crippen molar-refractivity contribution < 1.29 is 24.5 Å². The smallest absolute Gasteiger partial charge is 0.305 e. The van der Waals surface area contributed by atoms with E-state index in [9.17, 15) is 19.8 Å². The van der Waals surface area contributed by atoms with Crippen molar-refractivity contribution in [3.05, 3.63) is 48.6 Å². The molecule has 0 aliphatic heterocycles. The van der Waals surface area contributed by atoms with Gasteiger partial charge in [0, 0.05) is 12.8 Å². The minimum absolute atomic E-state index is 0.00692. The van der Waals surface area contributed by atoms with E-state index in [1.54, 1.807) is 6.08 Å². The molecule has 0 saturated carbocycles. The van der Waals surface area contributed by atoms with Gasteiger partial charge in [0.25, 0.3) is 0 Å². The zero-order valence-electron chi connectivity index (χ0n) is 51.0. The van der Waals surface area contributed by atoms with E-state index in [0.717, 1.165) is 51.4 Å². The summed E-state index contributed by atoms with van der Waals surface area (Å²) in [5.74, 6) is -0.0606. The Morgan fingerprint density at radius 3 is 1.04 bits per heavy atom. The highest BCUT2D eigenvalue weighted by Gasteiger charge is 2.18. The number of amides is 1. The first-order valence-corrected chi connectivity index (χ1v) is 33.9. The third kappa shape index (κ3) is 61.0. The Morgan fingerprint density at radius 2 is 0.658 bits per heavy atom. The summed E-state index contributed by atoms with van der Waals surface area (Å²) in [6.07, 6.45) is 84.6. The van der Waals surface area contributed by atoms with E-state index in [0.29, 0.717) is 19.4 Å². The molecule has 76 heavy (non-hydrogen) atoms. The summed E-state index contributed by atoms with van der Waals surface area (Å²) in [6.45, 7) is 4.89. The van der Waals surface area contributed by atoms with Gasteiger partial charge in [0.1, 0.15) is 0 Å². The highest BCUT2D eigenvalue weighted by Crippen LogP contribution is 2.17. The second-order valence-electron chi connectivity index (χ2n) is 23.1. The lowest BCUT2D eigenvalue weighted by Gasteiger charge is -2.20. The third-order valence-corrected chi connectivity index (χ3v) is 15.6. The van der Waals surface area contributed by atoms with Crippen molar-refractivity contribution in [3.8, 4) is 0 Å². The van der Waals surface area contributed by atoms with Gasteiger partial charge in [-0.3, -0.25) is 9.59 Å². The number of esters is 1. The van der Waals surface area contributed by atoms with Crippen LogP contribution in [0.4, 0.5) is 0 Å². The average molecular weight is 1070 g/mol. The topological polar surface area (TPSA) is 95.9 Å². The average Bonchev–Trinajstić information content (AvgIpc) is 3.42. The maximum atomic E-state index is 12.5. The molecule has 0 rings (SSSR count). The molecule has 0 bridgehead atoms. The number of allylic oxidation sites excluding steroid dienone is 7. The Kier molecular flexibility index (Phi) is 63.5. The van der Waals surface area contributed by atoms with Crippen molar-refractivity contribution in [3.63, 3.8) is 0 Å². The van der Waals surface area contributed by atoms with E-state index in [1.807, 2.05) is 6.08 Å². The standard InChI is InChI=1S/C70H131NO5/c1-3-5-7-9-11-13-15-17-19-31-36-40-44-48-52-56-60-64-70(75)76-65-61-57-53-49-45-41-37-33-30-28-26-24-22-20-21-23-25-27-29-32-35-39-43-47-51-55-59-63-69(74)71-67(66-72)68(73)62-58-54-50-46-42-38-34-18-16-14-12-10-8-6-4-2/h11,13,17,19-21,58,62,67-68,72-73H,3-10,12,14-16,18,22-57,59-61,63-66H2,1-2H3,(H,71,74)/b13-11-,19-17-,21-20-,62-58+. The summed E-state index contributed by atoms with van der Waals surface area (Å²) in [7, 11) is 0. The quantitative estimate of drug-likeness (QED) is 0.0320. The summed E-state index contributed by atoms with van der Waals surface area (Å²) >= 11 is 0. The lowest BCUT2D eigenvalue weighted by atomic mass is 10.0. The zero-order valence-corrected chi connectivity index (χ0v) is 51.0. The van der Waals surface area contributed by atoms with E-state index in [2.05, 4.69) is 55.6 Å². The summed E-state index contributed by atoms with van der Waals surface area (Å²) in [4.78, 5) is 24.6. The molecular weight excluding hydrogens is 935 g/mol. The van der Waals surface area contributed by atoms with E-state index in [4.69, 9.17) is 4.74 Å². The van der Waals surface area contributed by atoms with Crippen molar-refractivity contribution >= 4 is 11.9 Å². The van der Waals surface area contributed by atoms with E-state index in [-0.39, 0.29) is 18.5 Å². The molecule has 0 aromatic carbocycles. The molecule has 2 atom stereocenters. The van der Waals surface area contributed by atoms with Gasteiger partial charge in [-0.2, -0.15) is 0 Å². The zero-order chi connectivity index (χ0) is 55.0. The summed E-state index contributed by atoms with van der Waals surface area (Å²) < 4.78 is 5.49. The lowest BCUT2D eigenvalue weighted by molar-refractivity contribution is -0.143. The van der Waals surface area contributed by atoms with Crippen LogP contribution in [0.3, 0.4) is 0 Å². The predicted molar refractivity (Wildman–Crippen MR) is 333 cm³/mol. The Labute approximate surface area is 474 Å². The Morgan fingerprint density at radius 1 is 0.368 bits per heavy atom. The van der Waals surface area contributed by atoms with Gasteiger partial charge >= 0.3 is 5.97 Å². The van der Waals surface area contributed by atoms with Crippen molar-refractivity contribution in [2.75, 3.05) is 13.2 Å². The first-order chi connectivity index (χ1) is 37.5. The Balaban J connectivity index is 3.40. The van der Waals surface area contributed by atoms with Gasteiger partial charge in [-0.1, -0.05) is 306 Å². The first kappa shape index (κ1) is 73.8. The molecule has 446 valence electrons. The van der Waals surface area contributed by atoms with E-state index >= 15 is 0 Å². The fourth-order valence-electron chi connectivity index (χ4n) is 10.4. The number of rotatable bonds is 63. The fourth-order valence-corrected chi connectivity index (χ4v) is 10.4. The molecule has 6 nitrogen and oxygen atoms in total. The van der Waals surface area contributed by atoms with E-state index in [1.165, 1.54) is 283 Å². The van der Waals surface area contributed by atoms with Gasteiger partial charge < -0.3 is 20.3 Å². The Hall–Kier alpha value is -2.18. The Bertz CT molecular complexity index is 1270. The number of carbonyl (C=O) groups is 2. The largest absolute Gasteiger partial charge is 0.466 e. The fraction of sp³-hybridized carbons (Fsp3) is 0.857. The van der Waals surface area contributed by atoms with Gasteiger partial charge in [0.05, 0.1) is 25.4 Å². The monoisotopic (exact) mass is 1070 g/mol. The van der Waals surface area contributed by atoms with Crippen LogP contribution < -0.4 is 5.32 Å². The molecular formula is C70H131NO5. The number of carbonyl (C=O) groups excluding carboxylic acids is 2. The third-order valence-electron chi connectivity index (χ3n) is 15.6. The SMILES string of the molecule is CCCCC/C=C\C/C=C\CCCCCCCCCC(=O)OCCCCCCCCCCCCCC/C=C\CCCCCCCCCCCCCC(=O)NC(CO)C(O)/C=C/CCCCCCCCCCCCCCC.